The van der Waals surface area contributed by atoms with Crippen LogP contribution in [0.4, 0.5) is 4.39 Å². The zero-order valence-corrected chi connectivity index (χ0v) is 11.8. The van der Waals surface area contributed by atoms with Crippen LogP contribution in [0.25, 0.3) is 10.9 Å². The van der Waals surface area contributed by atoms with E-state index in [1.54, 1.807) is 12.1 Å². The second-order valence-corrected chi connectivity index (χ2v) is 5.05. The van der Waals surface area contributed by atoms with Crippen molar-refractivity contribution in [3.8, 4) is 0 Å². The molecule has 3 rings (SSSR count). The fourth-order valence-electron chi connectivity index (χ4n) is 2.60. The van der Waals surface area contributed by atoms with E-state index in [-0.39, 0.29) is 5.82 Å². The highest BCUT2D eigenvalue weighted by atomic mass is 19.1. The van der Waals surface area contributed by atoms with E-state index in [0.717, 1.165) is 23.1 Å². The lowest BCUT2D eigenvalue weighted by atomic mass is 10.0. The van der Waals surface area contributed by atoms with Crippen LogP contribution >= 0.6 is 0 Å². The van der Waals surface area contributed by atoms with Crippen molar-refractivity contribution >= 4 is 10.9 Å². The number of benzene rings is 2. The summed E-state index contributed by atoms with van der Waals surface area (Å²) in [5.41, 5.74) is 2.47. The van der Waals surface area contributed by atoms with Crippen molar-refractivity contribution in [3.63, 3.8) is 0 Å². The fourth-order valence-corrected chi connectivity index (χ4v) is 2.60. The number of aryl methyl sites for hydroxylation is 1. The smallest absolute Gasteiger partial charge is 0.123 e. The van der Waals surface area contributed by atoms with Gasteiger partial charge in [-0.1, -0.05) is 30.3 Å². The van der Waals surface area contributed by atoms with Crippen LogP contribution in [-0.4, -0.2) is 14.9 Å². The molecule has 0 amide bonds. The summed E-state index contributed by atoms with van der Waals surface area (Å²) in [5, 5.41) is 15.9. The predicted octanol–water partition coefficient (Wildman–Crippen LogP) is 3.47. The number of rotatable bonds is 4. The zero-order chi connectivity index (χ0) is 14.8. The Morgan fingerprint density at radius 1 is 1.19 bits per heavy atom. The van der Waals surface area contributed by atoms with Crippen molar-refractivity contribution in [3.05, 3.63) is 65.6 Å². The first-order valence-corrected chi connectivity index (χ1v) is 7.07. The van der Waals surface area contributed by atoms with Crippen molar-refractivity contribution < 1.29 is 9.50 Å². The fraction of sp³-hybridized carbons (Fsp3) is 0.235. The molecule has 3 aromatic rings. The van der Waals surface area contributed by atoms with Gasteiger partial charge in [0.15, 0.2) is 0 Å². The number of halogens is 1. The summed E-state index contributed by atoms with van der Waals surface area (Å²) in [5.74, 6) is -0.338. The summed E-state index contributed by atoms with van der Waals surface area (Å²) in [7, 11) is 0. The molecular weight excluding hydrogens is 267 g/mol. The van der Waals surface area contributed by atoms with Gasteiger partial charge in [0.1, 0.15) is 5.82 Å². The molecule has 0 saturated heterocycles. The summed E-state index contributed by atoms with van der Waals surface area (Å²) in [6, 6.07) is 14.0. The molecule has 1 atom stereocenters. The molecule has 1 aromatic heterocycles. The quantitative estimate of drug-likeness (QED) is 0.796. The Labute approximate surface area is 122 Å². The lowest BCUT2D eigenvalue weighted by Gasteiger charge is -2.09. The third-order valence-corrected chi connectivity index (χ3v) is 3.65. The molecule has 1 N–H and O–H groups in total. The number of nitrogens with zero attached hydrogens (tertiary/aromatic N) is 2. The molecule has 0 aliphatic carbocycles. The first-order chi connectivity index (χ1) is 10.2. The number of para-hydroxylation sites is 1. The molecule has 1 heterocycles. The largest absolute Gasteiger partial charge is 0.388 e. The molecule has 0 aliphatic rings. The van der Waals surface area contributed by atoms with Crippen molar-refractivity contribution in [1.82, 2.24) is 9.78 Å². The Hall–Kier alpha value is -2.20. The second kappa shape index (κ2) is 5.66. The van der Waals surface area contributed by atoms with Crippen molar-refractivity contribution in [1.29, 1.82) is 0 Å². The normalized spacial score (nSPS) is 12.7. The zero-order valence-electron chi connectivity index (χ0n) is 11.8. The molecule has 0 spiro atoms. The standard InChI is InChI=1S/C17H17FN2O/c1-2-20-16-9-4-3-8-14(16)15(19-20)11-17(21)12-6-5-7-13(18)10-12/h3-10,17,21H,2,11H2,1H3. The average molecular weight is 284 g/mol. The van der Waals surface area contributed by atoms with Crippen molar-refractivity contribution in [2.24, 2.45) is 0 Å². The van der Waals surface area contributed by atoms with E-state index in [0.29, 0.717) is 12.0 Å². The summed E-state index contributed by atoms with van der Waals surface area (Å²) in [4.78, 5) is 0. The van der Waals surface area contributed by atoms with Gasteiger partial charge in [-0.3, -0.25) is 4.68 Å². The molecule has 3 nitrogen and oxygen atoms in total. The first-order valence-electron chi connectivity index (χ1n) is 7.07. The van der Waals surface area contributed by atoms with Gasteiger partial charge < -0.3 is 5.11 Å². The van der Waals surface area contributed by atoms with Gasteiger partial charge in [-0.15, -0.1) is 0 Å². The van der Waals surface area contributed by atoms with E-state index in [2.05, 4.69) is 5.10 Å². The van der Waals surface area contributed by atoms with Crippen molar-refractivity contribution in [2.45, 2.75) is 26.0 Å². The van der Waals surface area contributed by atoms with Crippen LogP contribution in [0.1, 0.15) is 24.3 Å². The molecule has 108 valence electrons. The van der Waals surface area contributed by atoms with Gasteiger partial charge in [-0.25, -0.2) is 4.39 Å². The first kappa shape index (κ1) is 13.8. The number of hydrogen-bond acceptors (Lipinski definition) is 2. The Balaban J connectivity index is 1.94. The molecule has 0 aliphatic heterocycles. The maximum absolute atomic E-state index is 13.2. The topological polar surface area (TPSA) is 38.0 Å². The SMILES string of the molecule is CCn1nc(CC(O)c2cccc(F)c2)c2ccccc21. The second-order valence-electron chi connectivity index (χ2n) is 5.05. The number of aromatic nitrogens is 2. The van der Waals surface area contributed by atoms with Gasteiger partial charge in [0, 0.05) is 18.4 Å². The third kappa shape index (κ3) is 2.67. The van der Waals surface area contributed by atoms with Gasteiger partial charge in [0.25, 0.3) is 0 Å². The van der Waals surface area contributed by atoms with Gasteiger partial charge >= 0.3 is 0 Å². The van der Waals surface area contributed by atoms with E-state index >= 15 is 0 Å². The third-order valence-electron chi connectivity index (χ3n) is 3.65. The molecule has 0 bridgehead atoms. The molecular formula is C17H17FN2O. The Morgan fingerprint density at radius 3 is 2.76 bits per heavy atom. The highest BCUT2D eigenvalue weighted by Crippen LogP contribution is 2.24. The number of hydrogen-bond donors (Lipinski definition) is 1. The number of fused-ring (bicyclic) bond motifs is 1. The summed E-state index contributed by atoms with van der Waals surface area (Å²) in [6.07, 6.45) is -0.388. The lowest BCUT2D eigenvalue weighted by Crippen LogP contribution is -2.04. The van der Waals surface area contributed by atoms with Crippen LogP contribution in [0, 0.1) is 5.82 Å². The van der Waals surface area contributed by atoms with Crippen LogP contribution in [0.3, 0.4) is 0 Å². The summed E-state index contributed by atoms with van der Waals surface area (Å²) >= 11 is 0. The van der Waals surface area contributed by atoms with E-state index in [9.17, 15) is 9.50 Å². The average Bonchev–Trinajstić information content (AvgIpc) is 2.85. The molecule has 1 unspecified atom stereocenters. The van der Waals surface area contributed by atoms with Crippen molar-refractivity contribution in [2.75, 3.05) is 0 Å². The highest BCUT2D eigenvalue weighted by Gasteiger charge is 2.15. The maximum Gasteiger partial charge on any atom is 0.123 e. The van der Waals surface area contributed by atoms with E-state index in [1.165, 1.54) is 12.1 Å². The minimum atomic E-state index is -0.760. The molecule has 2 aromatic carbocycles. The van der Waals surface area contributed by atoms with Gasteiger partial charge in [0.05, 0.1) is 17.3 Å². The van der Waals surface area contributed by atoms with Crippen LogP contribution in [0.15, 0.2) is 48.5 Å². The molecule has 0 saturated carbocycles. The van der Waals surface area contributed by atoms with Gasteiger partial charge in [-0.05, 0) is 30.7 Å². The van der Waals surface area contributed by atoms with Gasteiger partial charge in [0.2, 0.25) is 0 Å². The predicted molar refractivity (Wildman–Crippen MR) is 80.5 cm³/mol. The molecule has 4 heteroatoms. The Bertz CT molecular complexity index is 766. The Kier molecular flexibility index (Phi) is 3.71. The van der Waals surface area contributed by atoms with Crippen LogP contribution in [0.5, 0.6) is 0 Å². The molecule has 21 heavy (non-hydrogen) atoms. The minimum Gasteiger partial charge on any atom is -0.388 e. The van der Waals surface area contributed by atoms with E-state index in [4.69, 9.17) is 0 Å². The highest BCUT2D eigenvalue weighted by molar-refractivity contribution is 5.82. The summed E-state index contributed by atoms with van der Waals surface area (Å²) in [6.45, 7) is 2.81. The van der Waals surface area contributed by atoms with E-state index in [1.807, 2.05) is 35.9 Å². The molecule has 0 fully saturated rings. The monoisotopic (exact) mass is 284 g/mol. The molecule has 0 radical (unpaired) electrons. The van der Waals surface area contributed by atoms with Crippen LogP contribution in [-0.2, 0) is 13.0 Å². The van der Waals surface area contributed by atoms with Gasteiger partial charge in [-0.2, -0.15) is 5.10 Å². The van der Waals surface area contributed by atoms with E-state index < -0.39 is 6.10 Å². The lowest BCUT2D eigenvalue weighted by molar-refractivity contribution is 0.177. The maximum atomic E-state index is 13.2. The number of aliphatic hydroxyl groups is 1. The number of aliphatic hydroxyl groups excluding tert-OH is 1. The van der Waals surface area contributed by atoms with Crippen LogP contribution < -0.4 is 0 Å². The van der Waals surface area contributed by atoms with Crippen LogP contribution in [0.2, 0.25) is 0 Å². The minimum absolute atomic E-state index is 0.338. The Morgan fingerprint density at radius 2 is 2.00 bits per heavy atom. The summed E-state index contributed by atoms with van der Waals surface area (Å²) < 4.78 is 15.2.